The fourth-order valence-electron chi connectivity index (χ4n) is 0.851. The minimum absolute atomic E-state index is 0.737. The van der Waals surface area contributed by atoms with E-state index in [0.29, 0.717) is 0 Å². The Bertz CT molecular complexity index is 104. The van der Waals surface area contributed by atoms with Crippen molar-refractivity contribution in [3.63, 3.8) is 0 Å². The highest BCUT2D eigenvalue weighted by atomic mass is 35.5. The number of alkyl halides is 1. The predicted molar refractivity (Wildman–Crippen MR) is 52.4 cm³/mol. The van der Waals surface area contributed by atoms with Gasteiger partial charge in [-0.25, -0.2) is 0 Å². The predicted octanol–water partition coefficient (Wildman–Crippen LogP) is 2.69. The number of likely N-dealkylation sites (N-methyl/N-ethyl adjacent to an activating group) is 1. The smallest absolute Gasteiger partial charge is 0.0235 e. The largest absolute Gasteiger partial charge is 0.300 e. The summed E-state index contributed by atoms with van der Waals surface area (Å²) in [6.07, 6.45) is 2.99. The monoisotopic (exact) mass is 195 g/mol. The van der Waals surface area contributed by atoms with Gasteiger partial charge in [0.05, 0.1) is 0 Å². The fraction of sp³-hybridized carbons (Fsp3) is 0.750. The van der Waals surface area contributed by atoms with Gasteiger partial charge in [0.2, 0.25) is 0 Å². The minimum atomic E-state index is 0.737. The van der Waals surface area contributed by atoms with Crippen LogP contribution in [0.15, 0.2) is 11.6 Å². The van der Waals surface area contributed by atoms with E-state index in [2.05, 4.69) is 11.8 Å². The maximum absolute atomic E-state index is 5.57. The topological polar surface area (TPSA) is 3.24 Å². The van der Waals surface area contributed by atoms with Gasteiger partial charge in [-0.3, -0.25) is 4.90 Å². The third-order valence-electron chi connectivity index (χ3n) is 1.51. The summed E-state index contributed by atoms with van der Waals surface area (Å²) in [4.78, 5) is 2.29. The molecule has 0 amide bonds. The molecule has 0 aromatic rings. The van der Waals surface area contributed by atoms with Crippen molar-refractivity contribution < 1.29 is 0 Å². The summed E-state index contributed by atoms with van der Waals surface area (Å²) in [7, 11) is 0. The van der Waals surface area contributed by atoms with Gasteiger partial charge >= 0.3 is 0 Å². The average Bonchev–Trinajstić information content (AvgIpc) is 2.05. The third-order valence-corrected chi connectivity index (χ3v) is 1.95. The van der Waals surface area contributed by atoms with Gasteiger partial charge in [-0.05, 0) is 19.5 Å². The quantitative estimate of drug-likeness (QED) is 0.590. The van der Waals surface area contributed by atoms with E-state index in [4.69, 9.17) is 23.2 Å². The standard InChI is InChI=1S/C8H15Cl2N/c1-2-11(7-3-5-9)8-4-6-10/h3,5H,2,4,6-8H2,1H3/b5-3+. The molecule has 0 aliphatic heterocycles. The number of hydrogen-bond donors (Lipinski definition) is 0. The molecule has 0 aliphatic carbocycles. The number of halogens is 2. The van der Waals surface area contributed by atoms with Gasteiger partial charge in [0, 0.05) is 18.0 Å². The summed E-state index contributed by atoms with van der Waals surface area (Å²) in [5, 5.41) is 0. The Labute approximate surface area is 79.0 Å². The van der Waals surface area contributed by atoms with Crippen molar-refractivity contribution in [2.24, 2.45) is 0 Å². The maximum atomic E-state index is 5.57. The lowest BCUT2D eigenvalue weighted by molar-refractivity contribution is 0.320. The Morgan fingerprint density at radius 3 is 2.64 bits per heavy atom. The Balaban J connectivity index is 3.40. The Hall–Kier alpha value is 0.280. The molecule has 0 bridgehead atoms. The molecule has 0 aromatic carbocycles. The fourth-order valence-corrected chi connectivity index (χ4v) is 1.05. The number of hydrogen-bond acceptors (Lipinski definition) is 1. The van der Waals surface area contributed by atoms with Gasteiger partial charge in [0.25, 0.3) is 0 Å². The van der Waals surface area contributed by atoms with Crippen LogP contribution in [0.25, 0.3) is 0 Å². The second-order valence-corrected chi connectivity index (χ2v) is 2.93. The molecule has 66 valence electrons. The van der Waals surface area contributed by atoms with E-state index < -0.39 is 0 Å². The molecule has 0 N–H and O–H groups in total. The first-order valence-corrected chi connectivity index (χ1v) is 4.85. The molecule has 0 rings (SSSR count). The Morgan fingerprint density at radius 1 is 1.45 bits per heavy atom. The summed E-state index contributed by atoms with van der Waals surface area (Å²) < 4.78 is 0. The van der Waals surface area contributed by atoms with E-state index in [0.717, 1.165) is 31.9 Å². The van der Waals surface area contributed by atoms with E-state index in [9.17, 15) is 0 Å². The average molecular weight is 196 g/mol. The summed E-state index contributed by atoms with van der Waals surface area (Å²) in [6.45, 7) is 5.17. The van der Waals surface area contributed by atoms with Crippen molar-refractivity contribution in [2.45, 2.75) is 13.3 Å². The van der Waals surface area contributed by atoms with Gasteiger partial charge in [-0.2, -0.15) is 0 Å². The highest BCUT2D eigenvalue weighted by molar-refractivity contribution is 6.25. The Morgan fingerprint density at radius 2 is 2.18 bits per heavy atom. The molecule has 0 radical (unpaired) electrons. The maximum Gasteiger partial charge on any atom is 0.0235 e. The molecule has 0 saturated carbocycles. The highest BCUT2D eigenvalue weighted by Gasteiger charge is 1.97. The molecule has 11 heavy (non-hydrogen) atoms. The van der Waals surface area contributed by atoms with Gasteiger partial charge in [0.15, 0.2) is 0 Å². The molecule has 0 aliphatic rings. The first-order valence-electron chi connectivity index (χ1n) is 3.88. The zero-order valence-electron chi connectivity index (χ0n) is 6.89. The molecule has 0 spiro atoms. The Kier molecular flexibility index (Phi) is 8.59. The molecular weight excluding hydrogens is 181 g/mol. The van der Waals surface area contributed by atoms with Gasteiger partial charge in [0.1, 0.15) is 0 Å². The van der Waals surface area contributed by atoms with Crippen molar-refractivity contribution in [1.29, 1.82) is 0 Å². The lowest BCUT2D eigenvalue weighted by atomic mass is 10.4. The van der Waals surface area contributed by atoms with Crippen LogP contribution in [0.3, 0.4) is 0 Å². The second-order valence-electron chi connectivity index (χ2n) is 2.30. The normalized spacial score (nSPS) is 11.6. The zero-order chi connectivity index (χ0) is 8.53. The summed E-state index contributed by atoms with van der Waals surface area (Å²) in [5.41, 5.74) is 1.56. The summed E-state index contributed by atoms with van der Waals surface area (Å²) in [5.74, 6) is 0.737. The first kappa shape index (κ1) is 11.3. The van der Waals surface area contributed by atoms with E-state index in [1.807, 2.05) is 6.08 Å². The van der Waals surface area contributed by atoms with E-state index in [1.165, 1.54) is 0 Å². The number of rotatable bonds is 6. The van der Waals surface area contributed by atoms with Crippen LogP contribution in [0.4, 0.5) is 0 Å². The van der Waals surface area contributed by atoms with Crippen LogP contribution in [0.2, 0.25) is 0 Å². The SMILES string of the molecule is CCN(C/C=C/Cl)CCCCl. The van der Waals surface area contributed by atoms with Crippen LogP contribution in [0.5, 0.6) is 0 Å². The van der Waals surface area contributed by atoms with Crippen molar-refractivity contribution in [1.82, 2.24) is 4.90 Å². The van der Waals surface area contributed by atoms with Crippen LogP contribution in [-0.2, 0) is 0 Å². The lowest BCUT2D eigenvalue weighted by Crippen LogP contribution is -2.24. The minimum Gasteiger partial charge on any atom is -0.300 e. The zero-order valence-corrected chi connectivity index (χ0v) is 8.41. The molecule has 0 atom stereocenters. The summed E-state index contributed by atoms with van der Waals surface area (Å²) >= 11 is 11.0. The van der Waals surface area contributed by atoms with Crippen molar-refractivity contribution >= 4 is 23.2 Å². The van der Waals surface area contributed by atoms with Crippen LogP contribution in [0, 0.1) is 0 Å². The van der Waals surface area contributed by atoms with Gasteiger partial charge in [-0.15, -0.1) is 11.6 Å². The summed E-state index contributed by atoms with van der Waals surface area (Å²) in [6, 6.07) is 0. The molecule has 0 saturated heterocycles. The van der Waals surface area contributed by atoms with Crippen molar-refractivity contribution in [3.8, 4) is 0 Å². The second kappa shape index (κ2) is 8.38. The van der Waals surface area contributed by atoms with Crippen LogP contribution in [-0.4, -0.2) is 30.4 Å². The third kappa shape index (κ3) is 6.67. The van der Waals surface area contributed by atoms with Crippen LogP contribution >= 0.6 is 23.2 Å². The molecule has 3 heteroatoms. The molecule has 0 heterocycles. The van der Waals surface area contributed by atoms with Crippen molar-refractivity contribution in [2.75, 3.05) is 25.5 Å². The molecule has 1 nitrogen and oxygen atoms in total. The van der Waals surface area contributed by atoms with Crippen LogP contribution < -0.4 is 0 Å². The van der Waals surface area contributed by atoms with Gasteiger partial charge < -0.3 is 0 Å². The molecule has 0 unspecified atom stereocenters. The van der Waals surface area contributed by atoms with E-state index in [1.54, 1.807) is 5.54 Å². The number of nitrogens with zero attached hydrogens (tertiary/aromatic N) is 1. The highest BCUT2D eigenvalue weighted by Crippen LogP contribution is 1.94. The molecule has 0 aromatic heterocycles. The van der Waals surface area contributed by atoms with Gasteiger partial charge in [-0.1, -0.05) is 24.6 Å². The van der Waals surface area contributed by atoms with Crippen molar-refractivity contribution in [3.05, 3.63) is 11.6 Å². The molecular formula is C8H15Cl2N. The van der Waals surface area contributed by atoms with E-state index >= 15 is 0 Å². The first-order chi connectivity index (χ1) is 5.35. The van der Waals surface area contributed by atoms with Crippen LogP contribution in [0.1, 0.15) is 13.3 Å². The van der Waals surface area contributed by atoms with E-state index in [-0.39, 0.29) is 0 Å². The lowest BCUT2D eigenvalue weighted by Gasteiger charge is -2.16. The molecule has 0 fully saturated rings.